The number of likely N-dealkylation sites (N-methyl/N-ethyl adjacent to an activating group) is 1. The third kappa shape index (κ3) is 3.58. The van der Waals surface area contributed by atoms with Crippen LogP contribution in [0.1, 0.15) is 5.69 Å². The van der Waals surface area contributed by atoms with Crippen LogP contribution in [0.3, 0.4) is 0 Å². The second-order valence-corrected chi connectivity index (χ2v) is 6.99. The SMILES string of the molecule is CNC(=O)[C@H]1[C@@H](NC(=O)/C(=N\OC)c2csc(N)n2)C(=O)N1S(=O)(=O)O. The number of amides is 3. The average molecular weight is 406 g/mol. The molecule has 0 unspecified atom stereocenters. The molecule has 2 rings (SSSR count). The molecule has 3 amide bonds. The number of carbonyl (C=O) groups excluding carboxylic acids is 3. The summed E-state index contributed by atoms with van der Waals surface area (Å²) in [5, 5.41) is 9.38. The van der Waals surface area contributed by atoms with Gasteiger partial charge in [-0.2, -0.15) is 12.7 Å². The zero-order valence-electron chi connectivity index (χ0n) is 13.4. The molecular weight excluding hydrogens is 392 g/mol. The van der Waals surface area contributed by atoms with Crippen molar-refractivity contribution in [2.24, 2.45) is 5.16 Å². The summed E-state index contributed by atoms with van der Waals surface area (Å²) in [6.07, 6.45) is 0. The molecule has 0 saturated carbocycles. The summed E-state index contributed by atoms with van der Waals surface area (Å²) in [6.45, 7) is 0. The summed E-state index contributed by atoms with van der Waals surface area (Å²) in [7, 11) is -2.61. The van der Waals surface area contributed by atoms with Gasteiger partial charge in [0.05, 0.1) is 0 Å². The lowest BCUT2D eigenvalue weighted by molar-refractivity contribution is -0.151. The number of nitrogens with two attached hydrogens (primary N) is 1. The first kappa shape index (κ1) is 19.5. The molecule has 1 fully saturated rings. The van der Waals surface area contributed by atoms with Crippen molar-refractivity contribution in [2.75, 3.05) is 19.9 Å². The van der Waals surface area contributed by atoms with E-state index in [1.165, 1.54) is 19.5 Å². The van der Waals surface area contributed by atoms with Crippen molar-refractivity contribution in [3.05, 3.63) is 11.1 Å². The molecule has 5 N–H and O–H groups in total. The van der Waals surface area contributed by atoms with E-state index < -0.39 is 40.1 Å². The van der Waals surface area contributed by atoms with E-state index in [0.29, 0.717) is 0 Å². The summed E-state index contributed by atoms with van der Waals surface area (Å²) in [6, 6.07) is -3.20. The van der Waals surface area contributed by atoms with E-state index in [2.05, 4.69) is 25.6 Å². The number of nitrogens with one attached hydrogen (secondary N) is 2. The molecule has 0 aromatic carbocycles. The zero-order chi connectivity index (χ0) is 19.6. The number of thiazole rings is 1. The number of nitrogens with zero attached hydrogens (tertiary/aromatic N) is 3. The highest BCUT2D eigenvalue weighted by atomic mass is 32.2. The van der Waals surface area contributed by atoms with Crippen LogP contribution in [0.4, 0.5) is 5.13 Å². The molecule has 0 bridgehead atoms. The summed E-state index contributed by atoms with van der Waals surface area (Å²) in [5.74, 6) is -3.06. The van der Waals surface area contributed by atoms with Crippen LogP contribution in [0.2, 0.25) is 0 Å². The molecule has 0 aliphatic carbocycles. The number of hydrogen-bond acceptors (Lipinski definition) is 10. The fourth-order valence-electron chi connectivity index (χ4n) is 2.17. The van der Waals surface area contributed by atoms with Gasteiger partial charge in [0.25, 0.3) is 11.8 Å². The summed E-state index contributed by atoms with van der Waals surface area (Å²) < 4.78 is 31.5. The van der Waals surface area contributed by atoms with Crippen molar-refractivity contribution < 1.29 is 32.2 Å². The quantitative estimate of drug-likeness (QED) is 0.168. The Kier molecular flexibility index (Phi) is 5.43. The normalized spacial score (nSPS) is 20.3. The highest BCUT2D eigenvalue weighted by Gasteiger charge is 2.57. The number of oxime groups is 1. The van der Waals surface area contributed by atoms with Gasteiger partial charge in [-0.25, -0.2) is 4.98 Å². The van der Waals surface area contributed by atoms with E-state index in [0.717, 1.165) is 11.3 Å². The molecular formula is C11H14N6O7S2. The van der Waals surface area contributed by atoms with Crippen molar-refractivity contribution in [3.63, 3.8) is 0 Å². The van der Waals surface area contributed by atoms with Crippen molar-refractivity contribution in [1.82, 2.24) is 19.9 Å². The molecule has 0 radical (unpaired) electrons. The Hall–Kier alpha value is -2.78. The fourth-order valence-corrected chi connectivity index (χ4v) is 3.56. The Morgan fingerprint density at radius 1 is 1.50 bits per heavy atom. The maximum atomic E-state index is 12.4. The Balaban J connectivity index is 2.27. The van der Waals surface area contributed by atoms with Crippen molar-refractivity contribution >= 4 is 50.2 Å². The average Bonchev–Trinajstić information content (AvgIpc) is 2.98. The molecule has 13 nitrogen and oxygen atoms in total. The number of aromatic nitrogens is 1. The topological polar surface area (TPSA) is 193 Å². The largest absolute Gasteiger partial charge is 0.398 e. The highest BCUT2D eigenvalue weighted by Crippen LogP contribution is 2.24. The smallest absolute Gasteiger partial charge is 0.363 e. The molecule has 1 aromatic heterocycles. The van der Waals surface area contributed by atoms with Gasteiger partial charge < -0.3 is 21.2 Å². The number of nitrogen functional groups attached to an aromatic ring is 1. The van der Waals surface area contributed by atoms with Crippen LogP contribution in [0.25, 0.3) is 0 Å². The molecule has 2 atom stereocenters. The fraction of sp³-hybridized carbons (Fsp3) is 0.364. The number of hydrogen-bond donors (Lipinski definition) is 4. The minimum absolute atomic E-state index is 0.0370. The molecule has 1 saturated heterocycles. The van der Waals surface area contributed by atoms with Crippen LogP contribution >= 0.6 is 11.3 Å². The number of rotatable bonds is 6. The van der Waals surface area contributed by atoms with Crippen molar-refractivity contribution in [3.8, 4) is 0 Å². The number of carbonyl (C=O) groups is 3. The molecule has 1 aromatic rings. The van der Waals surface area contributed by atoms with Crippen LogP contribution in [0, 0.1) is 0 Å². The Morgan fingerprint density at radius 2 is 2.15 bits per heavy atom. The molecule has 1 aliphatic heterocycles. The van der Waals surface area contributed by atoms with Gasteiger partial charge >= 0.3 is 10.3 Å². The second-order valence-electron chi connectivity index (χ2n) is 4.82. The molecule has 1 aliphatic rings. The second kappa shape index (κ2) is 7.22. The lowest BCUT2D eigenvalue weighted by Gasteiger charge is -2.42. The minimum Gasteiger partial charge on any atom is -0.398 e. The summed E-state index contributed by atoms with van der Waals surface area (Å²) in [4.78, 5) is 44.6. The van der Waals surface area contributed by atoms with Crippen LogP contribution < -0.4 is 16.4 Å². The van der Waals surface area contributed by atoms with Crippen LogP contribution in [0.15, 0.2) is 10.5 Å². The van der Waals surface area contributed by atoms with Crippen LogP contribution in [-0.2, 0) is 29.5 Å². The van der Waals surface area contributed by atoms with Gasteiger partial charge in [-0.1, -0.05) is 5.16 Å². The predicted octanol–water partition coefficient (Wildman–Crippen LogP) is -2.68. The first-order chi connectivity index (χ1) is 12.1. The van der Waals surface area contributed by atoms with Crippen molar-refractivity contribution in [1.29, 1.82) is 0 Å². The monoisotopic (exact) mass is 406 g/mol. The van der Waals surface area contributed by atoms with Gasteiger partial charge in [-0.05, 0) is 0 Å². The standard InChI is InChI=1S/C11H14N6O7S2/c1-13-9(19)7-6(10(20)17(7)26(21,22)23)15-8(18)5(16-24-2)4-3-25-11(12)14-4/h3,6-7H,1-2H3,(H2,12,14)(H,13,19)(H,15,18)(H,21,22,23)/b16-5-/t6-,7-/m1/s1. The summed E-state index contributed by atoms with van der Waals surface area (Å²) in [5.41, 5.74) is 5.21. The molecule has 142 valence electrons. The maximum absolute atomic E-state index is 12.4. The lowest BCUT2D eigenvalue weighted by atomic mass is 9.97. The molecule has 26 heavy (non-hydrogen) atoms. The van der Waals surface area contributed by atoms with E-state index in [-0.39, 0.29) is 20.8 Å². The van der Waals surface area contributed by atoms with Gasteiger partial charge in [-0.15, -0.1) is 11.3 Å². The maximum Gasteiger partial charge on any atom is 0.363 e. The van der Waals surface area contributed by atoms with E-state index >= 15 is 0 Å². The lowest BCUT2D eigenvalue weighted by Crippen LogP contribution is -2.75. The zero-order valence-corrected chi connectivity index (χ0v) is 15.0. The third-order valence-corrected chi connectivity index (χ3v) is 4.84. The van der Waals surface area contributed by atoms with Gasteiger partial charge in [-0.3, -0.25) is 18.9 Å². The number of anilines is 1. The Bertz CT molecular complexity index is 879. The van der Waals surface area contributed by atoms with Gasteiger partial charge in [0, 0.05) is 12.4 Å². The minimum atomic E-state index is -4.98. The van der Waals surface area contributed by atoms with Crippen molar-refractivity contribution in [2.45, 2.75) is 12.1 Å². The van der Waals surface area contributed by atoms with E-state index in [9.17, 15) is 22.8 Å². The van der Waals surface area contributed by atoms with Crippen LogP contribution in [-0.4, -0.2) is 71.9 Å². The van der Waals surface area contributed by atoms with E-state index in [1.54, 1.807) is 0 Å². The first-order valence-corrected chi connectivity index (χ1v) is 9.05. The summed E-state index contributed by atoms with van der Waals surface area (Å²) >= 11 is 1.03. The molecule has 15 heteroatoms. The van der Waals surface area contributed by atoms with Gasteiger partial charge in [0.2, 0.25) is 5.91 Å². The number of β-lactam (4-membered cyclic amide) rings is 1. The molecule has 2 heterocycles. The van der Waals surface area contributed by atoms with E-state index in [4.69, 9.17) is 10.3 Å². The first-order valence-electron chi connectivity index (χ1n) is 6.77. The van der Waals surface area contributed by atoms with Gasteiger partial charge in [0.15, 0.2) is 16.9 Å². The predicted molar refractivity (Wildman–Crippen MR) is 88.3 cm³/mol. The molecule has 0 spiro atoms. The highest BCUT2D eigenvalue weighted by molar-refractivity contribution is 7.84. The van der Waals surface area contributed by atoms with E-state index in [1.807, 2.05) is 0 Å². The third-order valence-electron chi connectivity index (χ3n) is 3.26. The van der Waals surface area contributed by atoms with Gasteiger partial charge in [0.1, 0.15) is 18.8 Å². The Morgan fingerprint density at radius 3 is 2.62 bits per heavy atom. The van der Waals surface area contributed by atoms with Crippen LogP contribution in [0.5, 0.6) is 0 Å². The Labute approximate surface area is 151 Å².